The Balaban J connectivity index is 1.79. The number of rotatable bonds is 9. The number of ether oxygens (including phenoxy) is 3. The van der Waals surface area contributed by atoms with E-state index in [1.165, 1.54) is 16.5 Å². The van der Waals surface area contributed by atoms with E-state index in [4.69, 9.17) is 18.6 Å². The second kappa shape index (κ2) is 10.1. The molecule has 0 atom stereocenters. The molecule has 0 spiro atoms. The summed E-state index contributed by atoms with van der Waals surface area (Å²) in [5.41, 5.74) is 5.84. The van der Waals surface area contributed by atoms with Crippen LogP contribution in [0.5, 0.6) is 5.75 Å². The Hall–Kier alpha value is -2.30. The van der Waals surface area contributed by atoms with Crippen LogP contribution in [0, 0.1) is 0 Å². The van der Waals surface area contributed by atoms with Gasteiger partial charge in [0.25, 0.3) is 0 Å². The lowest BCUT2D eigenvalue weighted by Crippen LogP contribution is -2.16. The molecule has 1 aromatic heterocycles. The molecule has 0 aliphatic rings. The van der Waals surface area contributed by atoms with Crippen molar-refractivity contribution in [1.82, 2.24) is 0 Å². The fourth-order valence-corrected chi connectivity index (χ4v) is 3.66. The molecule has 4 nitrogen and oxygen atoms in total. The third-order valence-corrected chi connectivity index (χ3v) is 5.59. The first-order valence-electron chi connectivity index (χ1n) is 11.6. The normalized spacial score (nSPS) is 12.5. The maximum Gasteiger partial charge on any atom is 0.138 e. The molecule has 32 heavy (non-hydrogen) atoms. The predicted octanol–water partition coefficient (Wildman–Crippen LogP) is 7.13. The Morgan fingerprint density at radius 1 is 0.781 bits per heavy atom. The fraction of sp³-hybridized carbons (Fsp3) is 0.500. The molecule has 1 heterocycles. The molecule has 0 saturated carbocycles. The smallest absolute Gasteiger partial charge is 0.138 e. The van der Waals surface area contributed by atoms with E-state index in [2.05, 4.69) is 65.8 Å². The van der Waals surface area contributed by atoms with Gasteiger partial charge in [0.05, 0.1) is 26.1 Å². The second-order valence-electron chi connectivity index (χ2n) is 10.2. The van der Waals surface area contributed by atoms with E-state index in [0.717, 1.165) is 22.5 Å². The average molecular weight is 439 g/mol. The quantitative estimate of drug-likeness (QED) is 0.333. The molecule has 0 amide bonds. The lowest BCUT2D eigenvalue weighted by atomic mass is 9.79. The van der Waals surface area contributed by atoms with Crippen LogP contribution in [-0.4, -0.2) is 33.0 Å². The highest BCUT2D eigenvalue weighted by atomic mass is 16.5. The highest BCUT2D eigenvalue weighted by Crippen LogP contribution is 2.40. The lowest BCUT2D eigenvalue weighted by molar-refractivity contribution is 0.0405. The van der Waals surface area contributed by atoms with Gasteiger partial charge in [0.15, 0.2) is 0 Å². The number of furan rings is 1. The van der Waals surface area contributed by atoms with Gasteiger partial charge in [-0.05, 0) is 47.1 Å². The summed E-state index contributed by atoms with van der Waals surface area (Å²) in [4.78, 5) is 0. The van der Waals surface area contributed by atoms with Gasteiger partial charge in [-0.3, -0.25) is 0 Å². The largest absolute Gasteiger partial charge is 0.491 e. The Morgan fingerprint density at radius 2 is 1.44 bits per heavy atom. The molecule has 3 aromatic rings. The van der Waals surface area contributed by atoms with Gasteiger partial charge in [0.1, 0.15) is 17.9 Å². The number of fused-ring (bicyclic) bond motifs is 1. The standard InChI is InChI=1S/C28H38O4/c1-8-29-13-14-30-15-16-31-22-11-9-20(10-12-22)24-19-32-26-23(24)17-21(27(2,3)4)18-25(26)28(5,6)7/h9-12,17-19H,8,13-16H2,1-7H3. The Labute approximate surface area is 192 Å². The van der Waals surface area contributed by atoms with Crippen molar-refractivity contribution in [3.63, 3.8) is 0 Å². The van der Waals surface area contributed by atoms with Crippen molar-refractivity contribution in [3.05, 3.63) is 53.8 Å². The third kappa shape index (κ3) is 5.93. The zero-order valence-electron chi connectivity index (χ0n) is 20.7. The van der Waals surface area contributed by atoms with Crippen LogP contribution in [0.4, 0.5) is 0 Å². The van der Waals surface area contributed by atoms with Gasteiger partial charge in [-0.25, -0.2) is 0 Å². The maximum atomic E-state index is 6.12. The zero-order chi connectivity index (χ0) is 23.4. The van der Waals surface area contributed by atoms with Crippen molar-refractivity contribution in [2.24, 2.45) is 0 Å². The van der Waals surface area contributed by atoms with Gasteiger partial charge >= 0.3 is 0 Å². The summed E-state index contributed by atoms with van der Waals surface area (Å²) >= 11 is 0. The van der Waals surface area contributed by atoms with Crippen molar-refractivity contribution in [3.8, 4) is 16.9 Å². The summed E-state index contributed by atoms with van der Waals surface area (Å²) in [6.07, 6.45) is 1.88. The molecule has 2 aromatic carbocycles. The molecule has 0 saturated heterocycles. The van der Waals surface area contributed by atoms with Crippen molar-refractivity contribution in [1.29, 1.82) is 0 Å². The second-order valence-corrected chi connectivity index (χ2v) is 10.2. The summed E-state index contributed by atoms with van der Waals surface area (Å²) in [6, 6.07) is 12.8. The first-order valence-corrected chi connectivity index (χ1v) is 11.6. The van der Waals surface area contributed by atoms with Gasteiger partial charge < -0.3 is 18.6 Å². The minimum absolute atomic E-state index is 0.00291. The first-order chi connectivity index (χ1) is 15.1. The van der Waals surface area contributed by atoms with E-state index < -0.39 is 0 Å². The molecule has 0 unspecified atom stereocenters. The molecular formula is C28H38O4. The Morgan fingerprint density at radius 3 is 2.06 bits per heavy atom. The lowest BCUT2D eigenvalue weighted by Gasteiger charge is -2.25. The minimum Gasteiger partial charge on any atom is -0.491 e. The Bertz CT molecular complexity index is 1000. The highest BCUT2D eigenvalue weighted by molar-refractivity contribution is 5.96. The van der Waals surface area contributed by atoms with Gasteiger partial charge in [0, 0.05) is 23.1 Å². The van der Waals surface area contributed by atoms with Crippen molar-refractivity contribution in [2.45, 2.75) is 59.3 Å². The van der Waals surface area contributed by atoms with Crippen LogP contribution in [0.3, 0.4) is 0 Å². The summed E-state index contributed by atoms with van der Waals surface area (Å²) in [5.74, 6) is 0.834. The number of benzene rings is 2. The molecule has 0 aliphatic carbocycles. The van der Waals surface area contributed by atoms with E-state index in [-0.39, 0.29) is 10.8 Å². The number of hydrogen-bond acceptors (Lipinski definition) is 4. The zero-order valence-corrected chi connectivity index (χ0v) is 20.7. The van der Waals surface area contributed by atoms with Crippen LogP contribution in [0.25, 0.3) is 22.1 Å². The summed E-state index contributed by atoms with van der Waals surface area (Å²) < 4.78 is 22.7. The van der Waals surface area contributed by atoms with E-state index in [0.29, 0.717) is 33.0 Å². The van der Waals surface area contributed by atoms with Crippen LogP contribution < -0.4 is 4.74 Å². The van der Waals surface area contributed by atoms with Crippen LogP contribution in [0.15, 0.2) is 47.1 Å². The molecule has 0 N–H and O–H groups in total. The molecule has 3 rings (SSSR count). The molecule has 0 bridgehead atoms. The van der Waals surface area contributed by atoms with E-state index in [9.17, 15) is 0 Å². The van der Waals surface area contributed by atoms with E-state index in [1.54, 1.807) is 0 Å². The topological polar surface area (TPSA) is 40.8 Å². The summed E-state index contributed by atoms with van der Waals surface area (Å²) in [6.45, 7) is 18.5. The van der Waals surface area contributed by atoms with E-state index >= 15 is 0 Å². The highest BCUT2D eigenvalue weighted by Gasteiger charge is 2.25. The van der Waals surface area contributed by atoms with E-state index in [1.807, 2.05) is 25.3 Å². The van der Waals surface area contributed by atoms with Crippen LogP contribution in [-0.2, 0) is 20.3 Å². The molecule has 0 fully saturated rings. The van der Waals surface area contributed by atoms with Crippen LogP contribution in [0.2, 0.25) is 0 Å². The molecular weight excluding hydrogens is 400 g/mol. The summed E-state index contributed by atoms with van der Waals surface area (Å²) in [5, 5.41) is 1.17. The number of hydrogen-bond donors (Lipinski definition) is 0. The monoisotopic (exact) mass is 438 g/mol. The average Bonchev–Trinajstić information content (AvgIpc) is 3.15. The van der Waals surface area contributed by atoms with Gasteiger partial charge in [-0.15, -0.1) is 0 Å². The fourth-order valence-electron chi connectivity index (χ4n) is 3.66. The summed E-state index contributed by atoms with van der Waals surface area (Å²) in [7, 11) is 0. The minimum atomic E-state index is -0.00291. The van der Waals surface area contributed by atoms with Gasteiger partial charge in [-0.1, -0.05) is 59.7 Å². The third-order valence-electron chi connectivity index (χ3n) is 5.59. The molecule has 0 aliphatic heterocycles. The van der Waals surface area contributed by atoms with Crippen LogP contribution >= 0.6 is 0 Å². The molecule has 4 heteroatoms. The Kier molecular flexibility index (Phi) is 7.68. The van der Waals surface area contributed by atoms with Gasteiger partial charge in [-0.2, -0.15) is 0 Å². The van der Waals surface area contributed by atoms with Gasteiger partial charge in [0.2, 0.25) is 0 Å². The maximum absolute atomic E-state index is 6.12. The predicted molar refractivity (Wildman–Crippen MR) is 132 cm³/mol. The molecule has 0 radical (unpaired) electrons. The van der Waals surface area contributed by atoms with Crippen molar-refractivity contribution >= 4 is 11.0 Å². The van der Waals surface area contributed by atoms with Crippen LogP contribution in [0.1, 0.15) is 59.6 Å². The molecule has 174 valence electrons. The first kappa shape index (κ1) is 24.3. The van der Waals surface area contributed by atoms with Crippen molar-refractivity contribution in [2.75, 3.05) is 33.0 Å². The van der Waals surface area contributed by atoms with Crippen molar-refractivity contribution < 1.29 is 18.6 Å². The SMILES string of the molecule is CCOCCOCCOc1ccc(-c2coc3c(C(C)(C)C)cc(C(C)(C)C)cc23)cc1.